The minimum Gasteiger partial charge on any atom is -0.350 e. The zero-order valence-electron chi connectivity index (χ0n) is 15.9. The fourth-order valence-corrected chi connectivity index (χ4v) is 4.94. The molecule has 150 valence electrons. The van der Waals surface area contributed by atoms with E-state index in [-0.39, 0.29) is 30.6 Å². The number of amides is 4. The van der Waals surface area contributed by atoms with Gasteiger partial charge in [0.05, 0.1) is 13.2 Å². The Kier molecular flexibility index (Phi) is 5.11. The van der Waals surface area contributed by atoms with Crippen LogP contribution in [0.3, 0.4) is 0 Å². The van der Waals surface area contributed by atoms with E-state index in [2.05, 4.69) is 5.32 Å². The van der Waals surface area contributed by atoms with Gasteiger partial charge in [0, 0.05) is 19.0 Å². The lowest BCUT2D eigenvalue weighted by molar-refractivity contribution is -0.143. The van der Waals surface area contributed by atoms with Crippen molar-refractivity contribution in [2.24, 2.45) is 11.8 Å². The zero-order valence-corrected chi connectivity index (χ0v) is 15.9. The Morgan fingerprint density at radius 2 is 1.85 bits per heavy atom. The van der Waals surface area contributed by atoms with Crippen LogP contribution < -0.4 is 5.32 Å². The highest BCUT2D eigenvalue weighted by atomic mass is 16.7. The van der Waals surface area contributed by atoms with Crippen molar-refractivity contribution in [3.05, 3.63) is 0 Å². The number of nitrogens with one attached hydrogen (secondary N) is 1. The molecule has 1 N–H and O–H groups in total. The average Bonchev–Trinajstić information content (AvgIpc) is 3.28. The highest BCUT2D eigenvalue weighted by Crippen LogP contribution is 2.38. The summed E-state index contributed by atoms with van der Waals surface area (Å²) in [5, 5.41) is 2.90. The van der Waals surface area contributed by atoms with E-state index in [0.717, 1.165) is 37.0 Å². The molecule has 0 radical (unpaired) electrons. The van der Waals surface area contributed by atoms with Gasteiger partial charge in [-0.15, -0.1) is 0 Å². The van der Waals surface area contributed by atoms with Crippen molar-refractivity contribution in [1.82, 2.24) is 15.1 Å². The van der Waals surface area contributed by atoms with Crippen LogP contribution in [-0.2, 0) is 19.1 Å². The summed E-state index contributed by atoms with van der Waals surface area (Å²) in [6.07, 6.45) is 5.07. The third-order valence-corrected chi connectivity index (χ3v) is 6.72. The molecule has 1 spiro atoms. The Morgan fingerprint density at radius 1 is 1.15 bits per heavy atom. The van der Waals surface area contributed by atoms with Crippen LogP contribution in [-0.4, -0.2) is 72.3 Å². The van der Waals surface area contributed by atoms with Gasteiger partial charge in [-0.2, -0.15) is 0 Å². The fourth-order valence-electron chi connectivity index (χ4n) is 4.94. The molecule has 27 heavy (non-hydrogen) atoms. The largest absolute Gasteiger partial charge is 0.350 e. The monoisotopic (exact) mass is 379 g/mol. The molecule has 0 aromatic heterocycles. The number of nitrogens with zero attached hydrogens (tertiary/aromatic N) is 2. The minimum absolute atomic E-state index is 0.102. The molecule has 8 nitrogen and oxygen atoms in total. The van der Waals surface area contributed by atoms with Gasteiger partial charge in [0.25, 0.3) is 5.91 Å². The van der Waals surface area contributed by atoms with Crippen LogP contribution in [0, 0.1) is 11.8 Å². The van der Waals surface area contributed by atoms with E-state index >= 15 is 0 Å². The predicted octanol–water partition coefficient (Wildman–Crippen LogP) is 1.10. The maximum atomic E-state index is 13.0. The number of imide groups is 1. The third-order valence-electron chi connectivity index (χ3n) is 6.72. The van der Waals surface area contributed by atoms with E-state index < -0.39 is 11.6 Å². The van der Waals surface area contributed by atoms with Crippen molar-refractivity contribution >= 4 is 17.8 Å². The number of carbonyl (C=O) groups excluding carboxylic acids is 3. The van der Waals surface area contributed by atoms with Crippen molar-refractivity contribution < 1.29 is 23.9 Å². The first-order valence-corrected chi connectivity index (χ1v) is 10.2. The van der Waals surface area contributed by atoms with Gasteiger partial charge in [-0.05, 0) is 31.6 Å². The number of urea groups is 1. The maximum Gasteiger partial charge on any atom is 0.325 e. The van der Waals surface area contributed by atoms with Gasteiger partial charge in [0.15, 0.2) is 6.29 Å². The zero-order chi connectivity index (χ0) is 19.0. The number of hydrogen-bond donors (Lipinski definition) is 1. The van der Waals surface area contributed by atoms with Crippen LogP contribution >= 0.6 is 0 Å². The van der Waals surface area contributed by atoms with Gasteiger partial charge in [0.1, 0.15) is 12.1 Å². The first-order chi connectivity index (χ1) is 13.0. The van der Waals surface area contributed by atoms with E-state index in [9.17, 15) is 14.4 Å². The molecule has 3 aliphatic heterocycles. The molecule has 0 bridgehead atoms. The number of hydrogen-bond acceptors (Lipinski definition) is 5. The summed E-state index contributed by atoms with van der Waals surface area (Å²) >= 11 is 0. The lowest BCUT2D eigenvalue weighted by Gasteiger charge is -2.37. The standard InChI is InChI=1S/C19H29N3O5/c1-13-4-2-3-7-19(13)17(24)22(18(25)20-19)12-15(23)21-8-5-14(6-9-21)16-26-10-11-27-16/h13-14,16H,2-12H2,1H3,(H,20,25). The molecule has 3 heterocycles. The summed E-state index contributed by atoms with van der Waals surface area (Å²) in [5.41, 5.74) is -0.806. The van der Waals surface area contributed by atoms with Crippen molar-refractivity contribution in [1.29, 1.82) is 0 Å². The van der Waals surface area contributed by atoms with Crippen LogP contribution in [0.15, 0.2) is 0 Å². The lowest BCUT2D eigenvalue weighted by Crippen LogP contribution is -2.54. The SMILES string of the molecule is CC1CCCCC12NC(=O)N(CC(=O)N1CCC(C3OCCO3)CC1)C2=O. The normalized spacial score (nSPS) is 33.1. The summed E-state index contributed by atoms with van der Waals surface area (Å²) in [4.78, 5) is 41.0. The second-order valence-corrected chi connectivity index (χ2v) is 8.27. The Hall–Kier alpha value is -1.67. The molecule has 0 aromatic rings. The van der Waals surface area contributed by atoms with E-state index in [1.807, 2.05) is 6.92 Å². The first kappa shape index (κ1) is 18.7. The fraction of sp³-hybridized carbons (Fsp3) is 0.842. The van der Waals surface area contributed by atoms with Gasteiger partial charge < -0.3 is 19.7 Å². The number of ether oxygens (including phenoxy) is 2. The second kappa shape index (κ2) is 7.39. The predicted molar refractivity (Wildman–Crippen MR) is 95.6 cm³/mol. The Morgan fingerprint density at radius 3 is 2.52 bits per heavy atom. The Bertz CT molecular complexity index is 612. The van der Waals surface area contributed by atoms with E-state index in [0.29, 0.717) is 38.6 Å². The van der Waals surface area contributed by atoms with Gasteiger partial charge >= 0.3 is 6.03 Å². The highest BCUT2D eigenvalue weighted by Gasteiger charge is 2.55. The van der Waals surface area contributed by atoms with Crippen LogP contribution in [0.2, 0.25) is 0 Å². The number of carbonyl (C=O) groups is 3. The number of piperidine rings is 1. The Balaban J connectivity index is 1.34. The van der Waals surface area contributed by atoms with Crippen molar-refractivity contribution in [3.63, 3.8) is 0 Å². The highest BCUT2D eigenvalue weighted by molar-refractivity contribution is 6.09. The molecule has 4 rings (SSSR count). The van der Waals surface area contributed by atoms with Crippen LogP contribution in [0.25, 0.3) is 0 Å². The summed E-state index contributed by atoms with van der Waals surface area (Å²) in [5.74, 6) is 0.0194. The molecule has 4 fully saturated rings. The molecule has 1 saturated carbocycles. The van der Waals surface area contributed by atoms with Gasteiger partial charge in [-0.1, -0.05) is 19.8 Å². The van der Waals surface area contributed by atoms with Gasteiger partial charge in [0.2, 0.25) is 5.91 Å². The third kappa shape index (κ3) is 3.33. The molecule has 2 unspecified atom stereocenters. The molecule has 0 aromatic carbocycles. The van der Waals surface area contributed by atoms with Gasteiger partial charge in [-0.3, -0.25) is 14.5 Å². The molecular weight excluding hydrogens is 350 g/mol. The number of likely N-dealkylation sites (tertiary alicyclic amines) is 1. The smallest absolute Gasteiger partial charge is 0.325 e. The summed E-state index contributed by atoms with van der Waals surface area (Å²) in [6.45, 7) is 4.34. The van der Waals surface area contributed by atoms with E-state index in [4.69, 9.17) is 9.47 Å². The molecule has 8 heteroatoms. The van der Waals surface area contributed by atoms with Crippen molar-refractivity contribution in [3.8, 4) is 0 Å². The van der Waals surface area contributed by atoms with E-state index in [1.165, 1.54) is 0 Å². The van der Waals surface area contributed by atoms with Crippen molar-refractivity contribution in [2.75, 3.05) is 32.8 Å². The first-order valence-electron chi connectivity index (χ1n) is 10.2. The molecule has 3 saturated heterocycles. The van der Waals surface area contributed by atoms with E-state index in [1.54, 1.807) is 4.90 Å². The van der Waals surface area contributed by atoms with Crippen LogP contribution in [0.4, 0.5) is 4.79 Å². The van der Waals surface area contributed by atoms with Crippen LogP contribution in [0.5, 0.6) is 0 Å². The molecular formula is C19H29N3O5. The van der Waals surface area contributed by atoms with Gasteiger partial charge in [-0.25, -0.2) is 4.79 Å². The average molecular weight is 379 g/mol. The molecule has 2 atom stereocenters. The Labute approximate surface area is 159 Å². The lowest BCUT2D eigenvalue weighted by atomic mass is 9.73. The maximum absolute atomic E-state index is 13.0. The summed E-state index contributed by atoms with van der Waals surface area (Å²) in [6, 6.07) is -0.426. The quantitative estimate of drug-likeness (QED) is 0.742. The molecule has 1 aliphatic carbocycles. The van der Waals surface area contributed by atoms with Crippen molar-refractivity contribution in [2.45, 2.75) is 57.3 Å². The number of rotatable bonds is 3. The topological polar surface area (TPSA) is 88.2 Å². The molecule has 4 aliphatic rings. The minimum atomic E-state index is -0.806. The second-order valence-electron chi connectivity index (χ2n) is 8.27. The molecule has 4 amide bonds. The summed E-state index contributed by atoms with van der Waals surface area (Å²) in [7, 11) is 0. The van der Waals surface area contributed by atoms with Crippen LogP contribution in [0.1, 0.15) is 45.4 Å². The summed E-state index contributed by atoms with van der Waals surface area (Å²) < 4.78 is 11.1.